The van der Waals surface area contributed by atoms with E-state index in [4.69, 9.17) is 0 Å². The molecule has 0 aliphatic carbocycles. The fourth-order valence-corrected chi connectivity index (χ4v) is 2.08. The fourth-order valence-electron chi connectivity index (χ4n) is 2.08. The molecule has 120 valence electrons. The highest BCUT2D eigenvalue weighted by Gasteiger charge is 2.39. The van der Waals surface area contributed by atoms with Gasteiger partial charge < -0.3 is 9.88 Å². The number of nitrogens with one attached hydrogen (secondary N) is 1. The number of rotatable bonds is 4. The van der Waals surface area contributed by atoms with Gasteiger partial charge in [0.05, 0.1) is 13.1 Å². The van der Waals surface area contributed by atoms with Gasteiger partial charge in [0.2, 0.25) is 5.82 Å². The Balaban J connectivity index is 1.85. The second-order valence-corrected chi connectivity index (χ2v) is 4.66. The molecule has 0 aromatic carbocycles. The highest BCUT2D eigenvalue weighted by atomic mass is 19.4. The predicted molar refractivity (Wildman–Crippen MR) is 59.2 cm³/mol. The summed E-state index contributed by atoms with van der Waals surface area (Å²) in [4.78, 5) is 1.73. The van der Waals surface area contributed by atoms with E-state index in [1.54, 1.807) is 4.90 Å². The summed E-state index contributed by atoms with van der Waals surface area (Å²) in [7, 11) is 0. The van der Waals surface area contributed by atoms with Crippen molar-refractivity contribution in [2.45, 2.75) is 25.4 Å². The van der Waals surface area contributed by atoms with Crippen LogP contribution in [0.5, 0.6) is 0 Å². The van der Waals surface area contributed by atoms with E-state index >= 15 is 0 Å². The van der Waals surface area contributed by atoms with Crippen LogP contribution < -0.4 is 5.32 Å². The summed E-state index contributed by atoms with van der Waals surface area (Å²) in [6.45, 7) is -0.186. The Kier molecular flexibility index (Phi) is 4.42. The van der Waals surface area contributed by atoms with E-state index in [1.165, 1.54) is 0 Å². The normalized spacial score (nSPS) is 17.0. The average Bonchev–Trinajstić information content (AvgIpc) is 2.76. The molecular formula is C10H13F6N5. The number of hydrogen-bond acceptors (Lipinski definition) is 4. The molecule has 0 fully saturated rings. The van der Waals surface area contributed by atoms with Crippen LogP contribution >= 0.6 is 0 Å². The highest BCUT2D eigenvalue weighted by Crippen LogP contribution is 2.29. The first-order valence-electron chi connectivity index (χ1n) is 6.16. The fraction of sp³-hybridized carbons (Fsp3) is 0.800. The number of fused-ring (bicyclic) bond motifs is 1. The van der Waals surface area contributed by atoms with Crippen LogP contribution in [0.1, 0.15) is 11.6 Å². The van der Waals surface area contributed by atoms with Gasteiger partial charge in [-0.3, -0.25) is 4.90 Å². The highest BCUT2D eigenvalue weighted by molar-refractivity contribution is 5.02. The van der Waals surface area contributed by atoms with Crippen molar-refractivity contribution in [2.24, 2.45) is 0 Å². The Hall–Kier alpha value is -1.36. The molecule has 1 aromatic rings. The summed E-state index contributed by atoms with van der Waals surface area (Å²) in [6.07, 6.45) is -8.83. The van der Waals surface area contributed by atoms with Crippen LogP contribution in [0.15, 0.2) is 0 Å². The Morgan fingerprint density at radius 1 is 1.05 bits per heavy atom. The summed E-state index contributed by atoms with van der Waals surface area (Å²) < 4.78 is 74.6. The van der Waals surface area contributed by atoms with Gasteiger partial charge in [-0.2, -0.15) is 26.3 Å². The van der Waals surface area contributed by atoms with Crippen molar-refractivity contribution >= 4 is 0 Å². The van der Waals surface area contributed by atoms with E-state index in [-0.39, 0.29) is 25.5 Å². The zero-order valence-corrected chi connectivity index (χ0v) is 10.8. The third-order valence-electron chi connectivity index (χ3n) is 3.02. The summed E-state index contributed by atoms with van der Waals surface area (Å²) in [5, 5.41) is 8.86. The lowest BCUT2D eigenvalue weighted by Crippen LogP contribution is -2.40. The molecule has 0 spiro atoms. The van der Waals surface area contributed by atoms with Crippen molar-refractivity contribution < 1.29 is 26.3 Å². The Morgan fingerprint density at radius 2 is 1.76 bits per heavy atom. The Bertz CT molecular complexity index is 479. The lowest BCUT2D eigenvalue weighted by atomic mass is 10.3. The molecule has 1 aromatic heterocycles. The monoisotopic (exact) mass is 317 g/mol. The molecular weight excluding hydrogens is 304 g/mol. The number of alkyl halides is 6. The molecule has 2 heterocycles. The molecule has 21 heavy (non-hydrogen) atoms. The van der Waals surface area contributed by atoms with Crippen LogP contribution in [0.4, 0.5) is 26.3 Å². The van der Waals surface area contributed by atoms with Crippen molar-refractivity contribution in [3.8, 4) is 0 Å². The van der Waals surface area contributed by atoms with E-state index in [2.05, 4.69) is 15.5 Å². The van der Waals surface area contributed by atoms with E-state index in [9.17, 15) is 26.3 Å². The van der Waals surface area contributed by atoms with Gasteiger partial charge in [0.1, 0.15) is 5.82 Å². The maximum Gasteiger partial charge on any atom is 0.451 e. The summed E-state index contributed by atoms with van der Waals surface area (Å²) >= 11 is 0. The zero-order chi connectivity index (χ0) is 15.7. The van der Waals surface area contributed by atoms with Gasteiger partial charge in [-0.05, 0) is 0 Å². The van der Waals surface area contributed by atoms with Gasteiger partial charge in [-0.15, -0.1) is 10.2 Å². The van der Waals surface area contributed by atoms with Gasteiger partial charge in [-0.25, -0.2) is 0 Å². The third kappa shape index (κ3) is 4.30. The van der Waals surface area contributed by atoms with E-state index in [1.807, 2.05) is 0 Å². The van der Waals surface area contributed by atoms with Crippen LogP contribution in [0.2, 0.25) is 0 Å². The van der Waals surface area contributed by atoms with Crippen LogP contribution in [-0.2, 0) is 19.3 Å². The number of nitrogens with zero attached hydrogens (tertiary/aromatic N) is 4. The van der Waals surface area contributed by atoms with Gasteiger partial charge in [0, 0.05) is 26.2 Å². The molecule has 0 unspecified atom stereocenters. The van der Waals surface area contributed by atoms with Crippen molar-refractivity contribution in [1.29, 1.82) is 0 Å². The lowest BCUT2D eigenvalue weighted by Gasteiger charge is -2.27. The first-order chi connectivity index (χ1) is 9.67. The Morgan fingerprint density at radius 3 is 2.38 bits per heavy atom. The van der Waals surface area contributed by atoms with E-state index in [0.717, 1.165) is 4.57 Å². The molecule has 2 rings (SSSR count). The van der Waals surface area contributed by atoms with Crippen molar-refractivity contribution in [3.63, 3.8) is 0 Å². The molecule has 1 aliphatic rings. The minimum atomic E-state index is -4.55. The second kappa shape index (κ2) is 5.79. The largest absolute Gasteiger partial charge is 0.451 e. The standard InChI is InChI=1S/C10H13F6N5/c11-9(12,13)6-17-1-2-20-3-4-21-7(5-20)18-19-8(21)10(14,15)16/h17H,1-6H2. The van der Waals surface area contributed by atoms with Crippen LogP contribution in [-0.4, -0.2) is 52.0 Å². The van der Waals surface area contributed by atoms with Crippen molar-refractivity contribution in [2.75, 3.05) is 26.2 Å². The lowest BCUT2D eigenvalue weighted by molar-refractivity contribution is -0.148. The molecule has 1 aliphatic heterocycles. The second-order valence-electron chi connectivity index (χ2n) is 4.66. The van der Waals surface area contributed by atoms with Gasteiger partial charge >= 0.3 is 12.4 Å². The molecule has 11 heteroatoms. The number of aromatic nitrogens is 3. The molecule has 0 radical (unpaired) electrons. The Labute approximate surface area is 115 Å². The number of halogens is 6. The minimum Gasteiger partial charge on any atom is -0.307 e. The first kappa shape index (κ1) is 16.0. The van der Waals surface area contributed by atoms with Gasteiger partial charge in [0.15, 0.2) is 0 Å². The molecule has 0 saturated heterocycles. The van der Waals surface area contributed by atoms with Gasteiger partial charge in [0.25, 0.3) is 0 Å². The molecule has 0 amide bonds. The SMILES string of the molecule is FC(F)(F)CNCCN1CCn2c(nnc2C(F)(F)F)C1. The van der Waals surface area contributed by atoms with Crippen LogP contribution in [0.3, 0.4) is 0 Å². The molecule has 0 bridgehead atoms. The first-order valence-corrected chi connectivity index (χ1v) is 6.16. The molecule has 0 atom stereocenters. The smallest absolute Gasteiger partial charge is 0.307 e. The van der Waals surface area contributed by atoms with Crippen LogP contribution in [0.25, 0.3) is 0 Å². The van der Waals surface area contributed by atoms with Crippen molar-refractivity contribution in [3.05, 3.63) is 11.6 Å². The molecule has 1 N–H and O–H groups in total. The van der Waals surface area contributed by atoms with Crippen molar-refractivity contribution in [1.82, 2.24) is 25.0 Å². The third-order valence-corrected chi connectivity index (χ3v) is 3.02. The topological polar surface area (TPSA) is 46.0 Å². The minimum absolute atomic E-state index is 0.0659. The van der Waals surface area contributed by atoms with Gasteiger partial charge in [-0.1, -0.05) is 0 Å². The zero-order valence-electron chi connectivity index (χ0n) is 10.8. The quantitative estimate of drug-likeness (QED) is 0.671. The van der Waals surface area contributed by atoms with Crippen LogP contribution in [0, 0.1) is 0 Å². The maximum atomic E-state index is 12.6. The maximum absolute atomic E-state index is 12.6. The predicted octanol–water partition coefficient (Wildman–Crippen LogP) is 1.26. The molecule has 0 saturated carbocycles. The summed E-state index contributed by atoms with van der Waals surface area (Å²) in [5.41, 5.74) is 0. The number of hydrogen-bond donors (Lipinski definition) is 1. The summed E-state index contributed by atoms with van der Waals surface area (Å²) in [6, 6.07) is 0. The molecule has 5 nitrogen and oxygen atoms in total. The summed E-state index contributed by atoms with van der Waals surface area (Å²) in [5.74, 6) is -0.864. The van der Waals surface area contributed by atoms with E-state index in [0.29, 0.717) is 13.1 Å². The average molecular weight is 317 g/mol. The van der Waals surface area contributed by atoms with E-state index < -0.39 is 24.7 Å².